The molecule has 0 bridgehead atoms. The summed E-state index contributed by atoms with van der Waals surface area (Å²) in [6.07, 6.45) is 6.78. The molecule has 8 nitrogen and oxygen atoms in total. The van der Waals surface area contributed by atoms with Gasteiger partial charge in [-0.1, -0.05) is 0 Å². The topological polar surface area (TPSA) is 82.8 Å². The van der Waals surface area contributed by atoms with Crippen LogP contribution in [0.15, 0.2) is 41.3 Å². The zero-order valence-electron chi connectivity index (χ0n) is 15.2. The number of furan rings is 1. The predicted octanol–water partition coefficient (Wildman–Crippen LogP) is 1.27. The van der Waals surface area contributed by atoms with Gasteiger partial charge in [-0.3, -0.25) is 9.59 Å². The quantitative estimate of drug-likeness (QED) is 0.810. The third kappa shape index (κ3) is 3.79. The van der Waals surface area contributed by atoms with E-state index < -0.39 is 0 Å². The van der Waals surface area contributed by atoms with Gasteiger partial charge in [0.05, 0.1) is 12.2 Å². The second kappa shape index (κ2) is 7.77. The fourth-order valence-electron chi connectivity index (χ4n) is 3.76. The normalized spacial score (nSPS) is 20.6. The van der Waals surface area contributed by atoms with Crippen molar-refractivity contribution in [3.63, 3.8) is 0 Å². The summed E-state index contributed by atoms with van der Waals surface area (Å²) in [6.45, 7) is 3.70. The Bertz CT molecular complexity index is 772. The number of rotatable bonds is 3. The number of anilines is 1. The standard InChI is InChI=1S/C19H23N5O3/c25-17(15-4-1-8-24(14-15)19-20-6-3-7-21-19)22-9-11-23(12-10-22)18(26)16-5-2-13-27-16/h2-3,5-7,13,15H,1,4,8-12,14H2. The van der Waals surface area contributed by atoms with E-state index in [4.69, 9.17) is 4.42 Å². The van der Waals surface area contributed by atoms with Crippen molar-refractivity contribution in [2.24, 2.45) is 5.92 Å². The van der Waals surface area contributed by atoms with Crippen LogP contribution in [0.1, 0.15) is 23.4 Å². The van der Waals surface area contributed by atoms with Crippen LogP contribution in [0.4, 0.5) is 5.95 Å². The van der Waals surface area contributed by atoms with Gasteiger partial charge in [-0.25, -0.2) is 9.97 Å². The van der Waals surface area contributed by atoms with Crippen molar-refractivity contribution in [1.29, 1.82) is 0 Å². The second-order valence-electron chi connectivity index (χ2n) is 6.93. The molecule has 1 atom stereocenters. The van der Waals surface area contributed by atoms with Gasteiger partial charge in [0.1, 0.15) is 0 Å². The van der Waals surface area contributed by atoms with Gasteiger partial charge < -0.3 is 19.1 Å². The number of piperidine rings is 1. The number of hydrogen-bond donors (Lipinski definition) is 0. The Morgan fingerprint density at radius 1 is 1.00 bits per heavy atom. The third-order valence-corrected chi connectivity index (χ3v) is 5.22. The average molecular weight is 369 g/mol. The molecule has 2 saturated heterocycles. The molecule has 27 heavy (non-hydrogen) atoms. The first-order valence-corrected chi connectivity index (χ1v) is 9.36. The van der Waals surface area contributed by atoms with Crippen LogP contribution in [0, 0.1) is 5.92 Å². The van der Waals surface area contributed by atoms with Gasteiger partial charge in [0.2, 0.25) is 11.9 Å². The Balaban J connectivity index is 1.33. The summed E-state index contributed by atoms with van der Waals surface area (Å²) in [7, 11) is 0. The predicted molar refractivity (Wildman–Crippen MR) is 98.2 cm³/mol. The molecule has 0 spiro atoms. The van der Waals surface area contributed by atoms with Gasteiger partial charge in [0.25, 0.3) is 5.91 Å². The number of aromatic nitrogens is 2. The van der Waals surface area contributed by atoms with Gasteiger partial charge in [-0.2, -0.15) is 0 Å². The first-order chi connectivity index (χ1) is 13.2. The number of amides is 2. The minimum atomic E-state index is -0.114. The van der Waals surface area contributed by atoms with Crippen LogP contribution in [0.25, 0.3) is 0 Å². The fraction of sp³-hybridized carbons (Fsp3) is 0.474. The molecule has 1 unspecified atom stereocenters. The lowest BCUT2D eigenvalue weighted by atomic mass is 9.96. The largest absolute Gasteiger partial charge is 0.459 e. The molecule has 2 aromatic heterocycles. The van der Waals surface area contributed by atoms with Gasteiger partial charge in [-0.05, 0) is 31.0 Å². The summed E-state index contributed by atoms with van der Waals surface area (Å²) in [6, 6.07) is 5.17. The molecular weight excluding hydrogens is 346 g/mol. The van der Waals surface area contributed by atoms with Crippen molar-refractivity contribution in [3.8, 4) is 0 Å². The van der Waals surface area contributed by atoms with Gasteiger partial charge >= 0.3 is 0 Å². The van der Waals surface area contributed by atoms with E-state index in [9.17, 15) is 9.59 Å². The van der Waals surface area contributed by atoms with E-state index >= 15 is 0 Å². The number of nitrogens with zero attached hydrogens (tertiary/aromatic N) is 5. The van der Waals surface area contributed by atoms with Gasteiger partial charge in [-0.15, -0.1) is 0 Å². The summed E-state index contributed by atoms with van der Waals surface area (Å²) in [5.74, 6) is 1.04. The van der Waals surface area contributed by atoms with Crippen LogP contribution in [-0.4, -0.2) is 70.9 Å². The van der Waals surface area contributed by atoms with Crippen LogP contribution in [-0.2, 0) is 4.79 Å². The van der Waals surface area contributed by atoms with Crippen molar-refractivity contribution in [3.05, 3.63) is 42.6 Å². The van der Waals surface area contributed by atoms with Crippen LogP contribution in [0.3, 0.4) is 0 Å². The molecule has 0 N–H and O–H groups in total. The molecule has 2 amide bonds. The number of carbonyl (C=O) groups is 2. The second-order valence-corrected chi connectivity index (χ2v) is 6.93. The minimum Gasteiger partial charge on any atom is -0.459 e. The van der Waals surface area contributed by atoms with Crippen LogP contribution in [0.2, 0.25) is 0 Å². The number of piperazine rings is 1. The number of hydrogen-bond acceptors (Lipinski definition) is 6. The van der Waals surface area contributed by atoms with E-state index in [0.29, 0.717) is 44.4 Å². The number of carbonyl (C=O) groups excluding carboxylic acids is 2. The van der Waals surface area contributed by atoms with Crippen LogP contribution < -0.4 is 4.90 Å². The molecule has 4 rings (SSSR count). The summed E-state index contributed by atoms with van der Waals surface area (Å²) in [5.41, 5.74) is 0. The summed E-state index contributed by atoms with van der Waals surface area (Å²) >= 11 is 0. The van der Waals surface area contributed by atoms with Crippen LogP contribution in [0.5, 0.6) is 0 Å². The van der Waals surface area contributed by atoms with Gasteiger partial charge in [0, 0.05) is 51.7 Å². The molecule has 0 saturated carbocycles. The Morgan fingerprint density at radius 2 is 1.74 bits per heavy atom. The molecule has 0 aromatic carbocycles. The highest BCUT2D eigenvalue weighted by Gasteiger charge is 2.33. The molecular formula is C19H23N5O3. The highest BCUT2D eigenvalue weighted by atomic mass is 16.3. The molecule has 0 radical (unpaired) electrons. The molecule has 2 fully saturated rings. The zero-order valence-corrected chi connectivity index (χ0v) is 15.2. The Kier molecular flexibility index (Phi) is 5.04. The summed E-state index contributed by atoms with van der Waals surface area (Å²) < 4.78 is 5.18. The van der Waals surface area contributed by atoms with Crippen molar-refractivity contribution >= 4 is 17.8 Å². The molecule has 2 aliphatic heterocycles. The van der Waals surface area contributed by atoms with Crippen LogP contribution >= 0.6 is 0 Å². The maximum Gasteiger partial charge on any atom is 0.289 e. The molecule has 2 aliphatic rings. The SMILES string of the molecule is O=C(c1ccco1)N1CCN(C(=O)C2CCCN(c3ncccn3)C2)CC1. The molecule has 142 valence electrons. The first-order valence-electron chi connectivity index (χ1n) is 9.36. The lowest BCUT2D eigenvalue weighted by Crippen LogP contribution is -2.53. The monoisotopic (exact) mass is 369 g/mol. The highest BCUT2D eigenvalue weighted by molar-refractivity contribution is 5.91. The maximum absolute atomic E-state index is 13.0. The maximum atomic E-state index is 13.0. The van der Waals surface area contributed by atoms with E-state index in [1.54, 1.807) is 35.5 Å². The van der Waals surface area contributed by atoms with E-state index in [0.717, 1.165) is 19.4 Å². The van der Waals surface area contributed by atoms with E-state index in [-0.39, 0.29) is 17.7 Å². The Labute approximate surface area is 157 Å². The van der Waals surface area contributed by atoms with E-state index in [1.165, 1.54) is 6.26 Å². The lowest BCUT2D eigenvalue weighted by molar-refractivity contribution is -0.137. The van der Waals surface area contributed by atoms with Crippen molar-refractivity contribution in [2.45, 2.75) is 12.8 Å². The third-order valence-electron chi connectivity index (χ3n) is 5.22. The smallest absolute Gasteiger partial charge is 0.289 e. The summed E-state index contributed by atoms with van der Waals surface area (Å²) in [4.78, 5) is 39.6. The fourth-order valence-corrected chi connectivity index (χ4v) is 3.76. The molecule has 0 aliphatic carbocycles. The highest BCUT2D eigenvalue weighted by Crippen LogP contribution is 2.22. The molecule has 8 heteroatoms. The molecule has 4 heterocycles. The van der Waals surface area contributed by atoms with Gasteiger partial charge in [0.15, 0.2) is 5.76 Å². The van der Waals surface area contributed by atoms with Crippen molar-refractivity contribution < 1.29 is 14.0 Å². The first kappa shape index (κ1) is 17.5. The Hall–Kier alpha value is -2.90. The zero-order chi connectivity index (χ0) is 18.6. The minimum absolute atomic E-state index is 0.0464. The molecule has 2 aromatic rings. The van der Waals surface area contributed by atoms with E-state index in [2.05, 4.69) is 14.9 Å². The lowest BCUT2D eigenvalue weighted by Gasteiger charge is -2.38. The Morgan fingerprint density at radius 3 is 2.44 bits per heavy atom. The van der Waals surface area contributed by atoms with Crippen molar-refractivity contribution in [1.82, 2.24) is 19.8 Å². The summed E-state index contributed by atoms with van der Waals surface area (Å²) in [5, 5.41) is 0. The average Bonchev–Trinajstić information content (AvgIpc) is 3.28. The van der Waals surface area contributed by atoms with Crippen molar-refractivity contribution in [2.75, 3.05) is 44.2 Å². The van der Waals surface area contributed by atoms with E-state index in [1.807, 2.05) is 4.90 Å².